The topological polar surface area (TPSA) is 156 Å². The number of unbranched alkanes of at least 4 members (excludes halogenated alkanes) is 2. The molecule has 31 heavy (non-hydrogen) atoms. The maximum Gasteiger partial charge on any atom is 0.371 e. The van der Waals surface area contributed by atoms with Crippen molar-refractivity contribution in [2.75, 3.05) is 19.6 Å². The van der Waals surface area contributed by atoms with Gasteiger partial charge in [0.25, 0.3) is 5.96 Å². The first-order valence-electron chi connectivity index (χ1n) is 9.70. The number of nitrogens with zero attached hydrogens (tertiary/aromatic N) is 1. The van der Waals surface area contributed by atoms with Gasteiger partial charge in [-0.3, -0.25) is 4.79 Å². The van der Waals surface area contributed by atoms with Crippen molar-refractivity contribution < 1.29 is 35.3 Å². The van der Waals surface area contributed by atoms with E-state index in [0.29, 0.717) is 16.5 Å². The number of aliphatic imine (C=N–C) groups is 1. The van der Waals surface area contributed by atoms with Gasteiger partial charge in [0.05, 0.1) is 19.4 Å². The van der Waals surface area contributed by atoms with Gasteiger partial charge in [-0.05, 0) is 43.5 Å². The van der Waals surface area contributed by atoms with E-state index in [2.05, 4.69) is 20.5 Å². The van der Waals surface area contributed by atoms with Crippen LogP contribution >= 0.6 is 23.2 Å². The molecular formula is C20H28Cl2N4O5+2. The third-order valence-corrected chi connectivity index (χ3v) is 4.51. The number of furan rings is 1. The number of carboxylic acid groups (broad SMARTS) is 2. The zero-order chi connectivity index (χ0) is 23.1. The normalized spacial score (nSPS) is 11.9. The number of quaternary nitrogens is 2. The number of hydrogen-bond acceptors (Lipinski definition) is 5. The van der Waals surface area contributed by atoms with Crippen LogP contribution in [0.5, 0.6) is 0 Å². The van der Waals surface area contributed by atoms with Crippen LogP contribution in [0.25, 0.3) is 0 Å². The van der Waals surface area contributed by atoms with Gasteiger partial charge in [0, 0.05) is 13.0 Å². The molecule has 1 aliphatic rings. The standard InChI is InChI=1S/C9H9Cl2N3.C6H13NO2.C5H4O3/c10-6-2-1-3-7(11)8(6)14-9-12-4-5-13-9;7-5-3-1-2-4-6(8)9;6-5(7)4-2-1-3-8-4/h1-3H,4-5H2,(H2,12,13,14);1-5,7H2,(H,8,9);1-3H,(H,6,7)/p+2. The van der Waals surface area contributed by atoms with Crippen LogP contribution < -0.4 is 16.4 Å². The number of aromatic carboxylic acids is 1. The Morgan fingerprint density at radius 3 is 2.29 bits per heavy atom. The van der Waals surface area contributed by atoms with Crippen molar-refractivity contribution in [1.29, 1.82) is 0 Å². The number of rotatable bonds is 7. The molecule has 11 heteroatoms. The third kappa shape index (κ3) is 11.4. The molecule has 2 aromatic rings. The number of carbonyl (C=O) groups is 2. The van der Waals surface area contributed by atoms with E-state index in [9.17, 15) is 9.59 Å². The second-order valence-corrected chi connectivity index (χ2v) is 7.13. The van der Waals surface area contributed by atoms with Gasteiger partial charge in [0.1, 0.15) is 10.0 Å². The van der Waals surface area contributed by atoms with E-state index in [1.165, 1.54) is 18.4 Å². The SMILES string of the molecule is Clc1cccc(Cl)c1[NH2+]C1=NCCN1.O=C(O)c1ccco1.[NH3+]CCCCCC(=O)O. The summed E-state index contributed by atoms with van der Waals surface area (Å²) in [5, 5.41) is 22.7. The van der Waals surface area contributed by atoms with Crippen molar-refractivity contribution in [3.8, 4) is 0 Å². The largest absolute Gasteiger partial charge is 0.481 e. The van der Waals surface area contributed by atoms with E-state index in [0.717, 1.165) is 50.5 Å². The smallest absolute Gasteiger partial charge is 0.371 e. The van der Waals surface area contributed by atoms with Crippen molar-refractivity contribution in [1.82, 2.24) is 5.32 Å². The van der Waals surface area contributed by atoms with Crippen molar-refractivity contribution in [2.45, 2.75) is 25.7 Å². The molecule has 1 aliphatic heterocycles. The molecule has 0 amide bonds. The molecule has 0 fully saturated rings. The number of hydrogen-bond donors (Lipinski definition) is 5. The summed E-state index contributed by atoms with van der Waals surface area (Å²) in [4.78, 5) is 24.2. The van der Waals surface area contributed by atoms with E-state index in [1.807, 2.05) is 23.5 Å². The van der Waals surface area contributed by atoms with E-state index >= 15 is 0 Å². The fourth-order valence-corrected chi connectivity index (χ4v) is 2.83. The number of benzene rings is 1. The minimum atomic E-state index is -1.03. The quantitative estimate of drug-likeness (QED) is 0.305. The maximum atomic E-state index is 9.97. The zero-order valence-electron chi connectivity index (χ0n) is 17.0. The fourth-order valence-electron chi connectivity index (χ4n) is 2.33. The number of nitrogens with two attached hydrogens (primary N) is 1. The highest BCUT2D eigenvalue weighted by Gasteiger charge is 2.15. The van der Waals surface area contributed by atoms with Crippen molar-refractivity contribution in [3.05, 3.63) is 52.4 Å². The highest BCUT2D eigenvalue weighted by atomic mass is 35.5. The summed E-state index contributed by atoms with van der Waals surface area (Å²) in [6.07, 6.45) is 4.47. The van der Waals surface area contributed by atoms with Crippen LogP contribution in [0.3, 0.4) is 0 Å². The molecule has 1 aromatic heterocycles. The summed E-state index contributed by atoms with van der Waals surface area (Å²) in [5.74, 6) is -0.904. The molecule has 0 aliphatic carbocycles. The van der Waals surface area contributed by atoms with E-state index in [4.69, 9.17) is 33.4 Å². The Balaban J connectivity index is 0.000000247. The summed E-state index contributed by atoms with van der Waals surface area (Å²) >= 11 is 12.0. The lowest BCUT2D eigenvalue weighted by Gasteiger charge is -2.03. The molecule has 8 N–H and O–H groups in total. The van der Waals surface area contributed by atoms with Crippen LogP contribution in [0.1, 0.15) is 36.2 Å². The van der Waals surface area contributed by atoms with Crippen LogP contribution in [0, 0.1) is 0 Å². The van der Waals surface area contributed by atoms with Crippen LogP contribution in [-0.2, 0) is 4.79 Å². The number of aliphatic carboxylic acids is 1. The van der Waals surface area contributed by atoms with Crippen molar-refractivity contribution in [2.24, 2.45) is 4.99 Å². The average Bonchev–Trinajstić information content (AvgIpc) is 3.43. The van der Waals surface area contributed by atoms with Gasteiger partial charge in [-0.25, -0.2) is 15.1 Å². The van der Waals surface area contributed by atoms with Crippen LogP contribution in [0.2, 0.25) is 10.0 Å². The first-order valence-corrected chi connectivity index (χ1v) is 10.5. The van der Waals surface area contributed by atoms with E-state index in [1.54, 1.807) is 0 Å². The minimum absolute atomic E-state index is 0.0231. The van der Waals surface area contributed by atoms with Gasteiger partial charge in [0.15, 0.2) is 5.69 Å². The molecule has 0 saturated heterocycles. The molecule has 0 spiro atoms. The molecule has 9 nitrogen and oxygen atoms in total. The summed E-state index contributed by atoms with van der Waals surface area (Å²) in [7, 11) is 0. The highest BCUT2D eigenvalue weighted by molar-refractivity contribution is 6.38. The predicted octanol–water partition coefficient (Wildman–Crippen LogP) is 2.00. The second kappa shape index (κ2) is 15.2. The number of guanidine groups is 1. The lowest BCUT2D eigenvalue weighted by Crippen LogP contribution is -2.85. The number of halogens is 2. The van der Waals surface area contributed by atoms with Gasteiger partial charge < -0.3 is 25.7 Å². The Labute approximate surface area is 190 Å². The zero-order valence-corrected chi connectivity index (χ0v) is 18.5. The Morgan fingerprint density at radius 1 is 1.13 bits per heavy atom. The van der Waals surface area contributed by atoms with Gasteiger partial charge in [-0.15, -0.1) is 0 Å². The van der Waals surface area contributed by atoms with Crippen LogP contribution in [-0.4, -0.2) is 47.7 Å². The number of para-hydroxylation sites is 1. The predicted molar refractivity (Wildman–Crippen MR) is 118 cm³/mol. The van der Waals surface area contributed by atoms with Crippen molar-refractivity contribution >= 4 is 46.8 Å². The maximum absolute atomic E-state index is 9.97. The number of carboxylic acids is 2. The Morgan fingerprint density at radius 2 is 1.84 bits per heavy atom. The Bertz CT molecular complexity index is 824. The first-order chi connectivity index (χ1) is 14.8. The molecule has 3 rings (SSSR count). The minimum Gasteiger partial charge on any atom is -0.481 e. The Hall–Kier alpha value is -2.59. The van der Waals surface area contributed by atoms with Crippen LogP contribution in [0.15, 0.2) is 46.0 Å². The second-order valence-electron chi connectivity index (χ2n) is 6.31. The average molecular weight is 475 g/mol. The molecule has 0 atom stereocenters. The molecule has 0 radical (unpaired) electrons. The lowest BCUT2D eigenvalue weighted by molar-refractivity contribution is -0.447. The lowest BCUT2D eigenvalue weighted by atomic mass is 10.2. The molecule has 0 saturated carbocycles. The van der Waals surface area contributed by atoms with Gasteiger partial charge >= 0.3 is 11.9 Å². The fraction of sp³-hybridized carbons (Fsp3) is 0.350. The summed E-state index contributed by atoms with van der Waals surface area (Å²) in [5.41, 5.74) is 4.48. The first kappa shape index (κ1) is 26.4. The summed E-state index contributed by atoms with van der Waals surface area (Å²) in [6.45, 7) is 2.61. The molecule has 1 aromatic carbocycles. The Kier molecular flexibility index (Phi) is 13.0. The van der Waals surface area contributed by atoms with Crippen LogP contribution in [0.4, 0.5) is 5.69 Å². The summed E-state index contributed by atoms with van der Waals surface area (Å²) < 4.78 is 4.50. The molecule has 0 unspecified atom stereocenters. The van der Waals surface area contributed by atoms with E-state index in [-0.39, 0.29) is 5.76 Å². The molecule has 2 heterocycles. The third-order valence-electron chi connectivity index (χ3n) is 3.85. The van der Waals surface area contributed by atoms with Gasteiger partial charge in [-0.1, -0.05) is 29.3 Å². The van der Waals surface area contributed by atoms with Gasteiger partial charge in [0.2, 0.25) is 5.76 Å². The van der Waals surface area contributed by atoms with E-state index < -0.39 is 11.9 Å². The highest BCUT2D eigenvalue weighted by Crippen LogP contribution is 2.25. The summed E-state index contributed by atoms with van der Waals surface area (Å²) in [6, 6.07) is 8.38. The molecular weight excluding hydrogens is 447 g/mol. The number of nitrogens with one attached hydrogen (secondary N) is 1. The van der Waals surface area contributed by atoms with Gasteiger partial charge in [-0.2, -0.15) is 0 Å². The molecule has 170 valence electrons. The molecule has 0 bridgehead atoms. The van der Waals surface area contributed by atoms with Crippen molar-refractivity contribution in [3.63, 3.8) is 0 Å². The monoisotopic (exact) mass is 474 g/mol.